The van der Waals surface area contributed by atoms with E-state index in [0.717, 1.165) is 21.3 Å². The summed E-state index contributed by atoms with van der Waals surface area (Å²) in [6.07, 6.45) is 1.47. The molecule has 0 saturated heterocycles. The fourth-order valence-corrected chi connectivity index (χ4v) is 3.87. The van der Waals surface area contributed by atoms with Crippen molar-refractivity contribution < 1.29 is 9.53 Å². The molecule has 148 valence electrons. The number of methoxy groups -OCH3 is 1. The highest BCUT2D eigenvalue weighted by Crippen LogP contribution is 2.40. The SMILES string of the molecule is COc1ccc(Br)cc1[C@@H]1C(C(=O)Nc2ccccc2C)=C(C)Nc2ncnn21. The van der Waals surface area contributed by atoms with Crippen LogP contribution in [0, 0.1) is 6.92 Å². The van der Waals surface area contributed by atoms with Crippen molar-refractivity contribution in [1.29, 1.82) is 0 Å². The van der Waals surface area contributed by atoms with Gasteiger partial charge in [0, 0.05) is 21.4 Å². The van der Waals surface area contributed by atoms with Gasteiger partial charge in [-0.1, -0.05) is 34.1 Å². The van der Waals surface area contributed by atoms with Crippen LogP contribution in [0.2, 0.25) is 0 Å². The third-order valence-electron chi connectivity index (χ3n) is 4.92. The Labute approximate surface area is 176 Å². The number of anilines is 2. The number of benzene rings is 2. The lowest BCUT2D eigenvalue weighted by molar-refractivity contribution is -0.113. The second kappa shape index (κ2) is 7.71. The quantitative estimate of drug-likeness (QED) is 0.615. The van der Waals surface area contributed by atoms with Gasteiger partial charge in [-0.2, -0.15) is 10.1 Å². The number of carbonyl (C=O) groups is 1. The Bertz CT molecular complexity index is 1120. The molecule has 4 rings (SSSR count). The first kappa shape index (κ1) is 19.2. The number of aromatic nitrogens is 3. The molecule has 0 aliphatic carbocycles. The summed E-state index contributed by atoms with van der Waals surface area (Å²) in [7, 11) is 1.61. The summed E-state index contributed by atoms with van der Waals surface area (Å²) in [5.74, 6) is 1.02. The summed E-state index contributed by atoms with van der Waals surface area (Å²) in [5, 5.41) is 10.6. The maximum absolute atomic E-state index is 13.4. The summed E-state index contributed by atoms with van der Waals surface area (Å²) < 4.78 is 8.17. The highest BCUT2D eigenvalue weighted by molar-refractivity contribution is 9.10. The summed E-state index contributed by atoms with van der Waals surface area (Å²) in [6.45, 7) is 3.82. The maximum atomic E-state index is 13.4. The van der Waals surface area contributed by atoms with Crippen molar-refractivity contribution >= 4 is 33.5 Å². The predicted molar refractivity (Wildman–Crippen MR) is 115 cm³/mol. The lowest BCUT2D eigenvalue weighted by Crippen LogP contribution is -2.31. The summed E-state index contributed by atoms with van der Waals surface area (Å²) in [4.78, 5) is 17.7. The minimum atomic E-state index is -0.495. The Hall–Kier alpha value is -3.13. The summed E-state index contributed by atoms with van der Waals surface area (Å²) in [5.41, 5.74) is 3.82. The van der Waals surface area contributed by atoms with Crippen molar-refractivity contribution in [1.82, 2.24) is 14.8 Å². The van der Waals surface area contributed by atoms with Gasteiger partial charge in [-0.3, -0.25) is 4.79 Å². The zero-order valence-electron chi connectivity index (χ0n) is 16.2. The minimum Gasteiger partial charge on any atom is -0.496 e. The highest BCUT2D eigenvalue weighted by Gasteiger charge is 2.35. The Morgan fingerprint density at radius 3 is 2.79 bits per heavy atom. The monoisotopic (exact) mass is 453 g/mol. The minimum absolute atomic E-state index is 0.211. The Morgan fingerprint density at radius 2 is 2.03 bits per heavy atom. The van der Waals surface area contributed by atoms with Crippen molar-refractivity contribution in [2.45, 2.75) is 19.9 Å². The first-order valence-corrected chi connectivity index (χ1v) is 9.86. The van der Waals surface area contributed by atoms with Crippen molar-refractivity contribution in [2.75, 3.05) is 17.7 Å². The van der Waals surface area contributed by atoms with E-state index in [1.165, 1.54) is 6.33 Å². The molecule has 8 heteroatoms. The number of allylic oxidation sites excluding steroid dienone is 1. The number of fused-ring (bicyclic) bond motifs is 1. The molecule has 0 spiro atoms. The highest BCUT2D eigenvalue weighted by atomic mass is 79.9. The number of nitrogens with one attached hydrogen (secondary N) is 2. The van der Waals surface area contributed by atoms with E-state index < -0.39 is 6.04 Å². The van der Waals surface area contributed by atoms with Crippen LogP contribution in [0.1, 0.15) is 24.1 Å². The van der Waals surface area contributed by atoms with Crippen LogP contribution in [-0.2, 0) is 4.79 Å². The number of amides is 1. The third kappa shape index (κ3) is 3.51. The van der Waals surface area contributed by atoms with Gasteiger partial charge >= 0.3 is 0 Å². The van der Waals surface area contributed by atoms with E-state index in [2.05, 4.69) is 36.6 Å². The number of carbonyl (C=O) groups excluding carboxylic acids is 1. The van der Waals surface area contributed by atoms with Gasteiger partial charge in [0.05, 0.1) is 12.7 Å². The number of hydrogen-bond donors (Lipinski definition) is 2. The molecule has 2 heterocycles. The molecule has 1 atom stereocenters. The van der Waals surface area contributed by atoms with Crippen molar-refractivity contribution in [3.8, 4) is 5.75 Å². The van der Waals surface area contributed by atoms with Gasteiger partial charge in [0.1, 0.15) is 18.1 Å². The Kier molecular flexibility index (Phi) is 5.10. The second-order valence-electron chi connectivity index (χ2n) is 6.75. The van der Waals surface area contributed by atoms with Crippen LogP contribution in [0.25, 0.3) is 0 Å². The first-order chi connectivity index (χ1) is 14.0. The fourth-order valence-electron chi connectivity index (χ4n) is 3.49. The molecule has 2 N–H and O–H groups in total. The molecule has 2 aromatic carbocycles. The first-order valence-electron chi connectivity index (χ1n) is 9.07. The molecule has 1 amide bonds. The number of halogens is 1. The zero-order chi connectivity index (χ0) is 20.5. The topological polar surface area (TPSA) is 81.1 Å². The van der Waals surface area contributed by atoms with Crippen LogP contribution in [-0.4, -0.2) is 27.8 Å². The molecule has 29 heavy (non-hydrogen) atoms. The van der Waals surface area contributed by atoms with E-state index in [1.54, 1.807) is 11.8 Å². The molecule has 0 fully saturated rings. The van der Waals surface area contributed by atoms with Crippen LogP contribution < -0.4 is 15.4 Å². The zero-order valence-corrected chi connectivity index (χ0v) is 17.8. The number of ether oxygens (including phenoxy) is 1. The van der Waals surface area contributed by atoms with Crippen LogP contribution in [0.15, 0.2) is 64.5 Å². The van der Waals surface area contributed by atoms with E-state index in [4.69, 9.17) is 4.74 Å². The largest absolute Gasteiger partial charge is 0.496 e. The third-order valence-corrected chi connectivity index (χ3v) is 5.41. The van der Waals surface area contributed by atoms with Crippen LogP contribution in [0.5, 0.6) is 5.75 Å². The molecule has 0 unspecified atom stereocenters. The van der Waals surface area contributed by atoms with Crippen LogP contribution >= 0.6 is 15.9 Å². The van der Waals surface area contributed by atoms with Crippen LogP contribution in [0.4, 0.5) is 11.6 Å². The maximum Gasteiger partial charge on any atom is 0.255 e. The van der Waals surface area contributed by atoms with Gasteiger partial charge < -0.3 is 15.4 Å². The van der Waals surface area contributed by atoms with Crippen LogP contribution in [0.3, 0.4) is 0 Å². The summed E-state index contributed by atoms with van der Waals surface area (Å²) >= 11 is 3.53. The van der Waals surface area contributed by atoms with Crippen molar-refractivity contribution in [3.05, 3.63) is 75.7 Å². The van der Waals surface area contributed by atoms with Gasteiger partial charge in [0.15, 0.2) is 0 Å². The second-order valence-corrected chi connectivity index (χ2v) is 7.67. The molecule has 1 aliphatic rings. The average Bonchev–Trinajstić information content (AvgIpc) is 3.16. The molecule has 0 bridgehead atoms. The average molecular weight is 454 g/mol. The lowest BCUT2D eigenvalue weighted by Gasteiger charge is -2.29. The molecular formula is C21H20BrN5O2. The molecule has 7 nitrogen and oxygen atoms in total. The van der Waals surface area contributed by atoms with Gasteiger partial charge in [0.2, 0.25) is 5.95 Å². The molecule has 3 aromatic rings. The standard InChI is InChI=1S/C21H20BrN5O2/c1-12-6-4-5-7-16(12)26-20(28)18-13(2)25-21-23-11-24-27(21)19(18)15-10-14(22)8-9-17(15)29-3/h4-11,19H,1-3H3,(H,26,28)(H,23,24,25)/t19-/m1/s1. The van der Waals surface area contributed by atoms with Crippen molar-refractivity contribution in [2.24, 2.45) is 0 Å². The van der Waals surface area contributed by atoms with E-state index in [-0.39, 0.29) is 5.91 Å². The van der Waals surface area contributed by atoms with Crippen molar-refractivity contribution in [3.63, 3.8) is 0 Å². The molecule has 0 saturated carbocycles. The van der Waals surface area contributed by atoms with E-state index in [9.17, 15) is 4.79 Å². The Morgan fingerprint density at radius 1 is 1.24 bits per heavy atom. The number of hydrogen-bond acceptors (Lipinski definition) is 5. The number of nitrogens with zero attached hydrogens (tertiary/aromatic N) is 3. The number of para-hydroxylation sites is 1. The van der Waals surface area contributed by atoms with Gasteiger partial charge in [-0.25, -0.2) is 4.68 Å². The van der Waals surface area contributed by atoms with Gasteiger partial charge in [0.25, 0.3) is 5.91 Å². The van der Waals surface area contributed by atoms with Gasteiger partial charge in [-0.15, -0.1) is 0 Å². The Balaban J connectivity index is 1.84. The lowest BCUT2D eigenvalue weighted by atomic mass is 9.94. The fraction of sp³-hybridized carbons (Fsp3) is 0.190. The number of rotatable bonds is 4. The smallest absolute Gasteiger partial charge is 0.255 e. The van der Waals surface area contributed by atoms with E-state index in [0.29, 0.717) is 23.0 Å². The molecular weight excluding hydrogens is 434 g/mol. The van der Waals surface area contributed by atoms with E-state index >= 15 is 0 Å². The molecule has 1 aromatic heterocycles. The number of aryl methyl sites for hydroxylation is 1. The van der Waals surface area contributed by atoms with Gasteiger partial charge in [-0.05, 0) is 43.7 Å². The molecule has 1 aliphatic heterocycles. The van der Waals surface area contributed by atoms with E-state index in [1.807, 2.05) is 56.3 Å². The molecule has 0 radical (unpaired) electrons. The normalized spacial score (nSPS) is 15.5. The predicted octanol–water partition coefficient (Wildman–Crippen LogP) is 4.29. The summed E-state index contributed by atoms with van der Waals surface area (Å²) in [6, 6.07) is 12.9.